The Morgan fingerprint density at radius 2 is 2.32 bits per heavy atom. The van der Waals surface area contributed by atoms with Gasteiger partial charge in [0.25, 0.3) is 0 Å². The largest absolute Gasteiger partial charge is 0.488 e. The van der Waals surface area contributed by atoms with Crippen LogP contribution in [0.1, 0.15) is 18.3 Å². The number of aromatic nitrogens is 2. The van der Waals surface area contributed by atoms with Gasteiger partial charge >= 0.3 is 6.01 Å². The highest BCUT2D eigenvalue weighted by Gasteiger charge is 2.17. The first-order chi connectivity index (χ1) is 9.26. The van der Waals surface area contributed by atoms with E-state index in [1.807, 2.05) is 25.1 Å². The minimum atomic E-state index is 0.412. The molecule has 1 aliphatic rings. The Labute approximate surface area is 115 Å². The third-order valence-electron chi connectivity index (χ3n) is 2.73. The molecular weight excluding hydrogens is 266 g/mol. The molecule has 0 saturated heterocycles. The highest BCUT2D eigenvalue weighted by Crippen LogP contribution is 2.31. The van der Waals surface area contributed by atoms with Gasteiger partial charge in [-0.25, -0.2) is 0 Å². The normalized spacial score (nSPS) is 13.5. The molecule has 2 heterocycles. The minimum absolute atomic E-state index is 0.412. The Hall–Kier alpha value is -2.01. The zero-order chi connectivity index (χ0) is 13.2. The second-order valence-electron chi connectivity index (χ2n) is 4.09. The number of nitrogens with one attached hydrogen (secondary N) is 1. The van der Waals surface area contributed by atoms with E-state index in [2.05, 4.69) is 15.5 Å². The molecule has 6 heteroatoms. The van der Waals surface area contributed by atoms with Crippen LogP contribution in [-0.4, -0.2) is 23.3 Å². The minimum Gasteiger partial charge on any atom is -0.488 e. The zero-order valence-electron chi connectivity index (χ0n) is 10.3. The molecule has 0 fully saturated rings. The number of benzene rings is 1. The van der Waals surface area contributed by atoms with Crippen LogP contribution in [0.15, 0.2) is 22.7 Å². The fourth-order valence-corrected chi connectivity index (χ4v) is 2.04. The van der Waals surface area contributed by atoms with Crippen LogP contribution in [0.2, 0.25) is 5.02 Å². The maximum absolute atomic E-state index is 5.97. The lowest BCUT2D eigenvalue weighted by Crippen LogP contribution is -2.07. The highest BCUT2D eigenvalue weighted by molar-refractivity contribution is 6.30. The molecule has 1 aliphatic heterocycles. The quantitative estimate of drug-likeness (QED) is 0.934. The molecule has 1 aromatic heterocycles. The molecule has 1 N–H and O–H groups in total. The van der Waals surface area contributed by atoms with E-state index in [-0.39, 0.29) is 0 Å². The summed E-state index contributed by atoms with van der Waals surface area (Å²) in [5.41, 5.74) is 1.78. The van der Waals surface area contributed by atoms with Crippen molar-refractivity contribution in [1.29, 1.82) is 0 Å². The van der Waals surface area contributed by atoms with Crippen molar-refractivity contribution in [3.05, 3.63) is 34.6 Å². The maximum Gasteiger partial charge on any atom is 0.321 e. The van der Waals surface area contributed by atoms with Crippen molar-refractivity contribution in [1.82, 2.24) is 10.1 Å². The average Bonchev–Trinajstić information content (AvgIpc) is 2.87. The summed E-state index contributed by atoms with van der Waals surface area (Å²) in [6, 6.07) is 5.92. The first kappa shape index (κ1) is 12.0. The van der Waals surface area contributed by atoms with Crippen LogP contribution in [0, 0.1) is 0 Å². The van der Waals surface area contributed by atoms with Gasteiger partial charge < -0.3 is 14.6 Å². The molecule has 0 aliphatic carbocycles. The van der Waals surface area contributed by atoms with E-state index in [4.69, 9.17) is 20.9 Å². The lowest BCUT2D eigenvalue weighted by atomic mass is 10.1. The Morgan fingerprint density at radius 3 is 3.16 bits per heavy atom. The van der Waals surface area contributed by atoms with Gasteiger partial charge in [0.05, 0.1) is 0 Å². The van der Waals surface area contributed by atoms with Gasteiger partial charge in [0.15, 0.2) is 0 Å². The first-order valence-electron chi connectivity index (χ1n) is 5.97. The van der Waals surface area contributed by atoms with Crippen LogP contribution in [0.3, 0.4) is 0 Å². The monoisotopic (exact) mass is 277 g/mol. The van der Waals surface area contributed by atoms with Crippen molar-refractivity contribution in [2.45, 2.75) is 6.92 Å². The lowest BCUT2D eigenvalue weighted by Gasteiger charge is -2.16. The third kappa shape index (κ3) is 2.42. The van der Waals surface area contributed by atoms with Gasteiger partial charge in [-0.15, -0.1) is 0 Å². The van der Waals surface area contributed by atoms with Crippen molar-refractivity contribution >= 4 is 29.3 Å². The van der Waals surface area contributed by atoms with Gasteiger partial charge in [-0.2, -0.15) is 4.98 Å². The number of fused-ring (bicyclic) bond motifs is 1. The lowest BCUT2D eigenvalue weighted by molar-refractivity contribution is 0.363. The van der Waals surface area contributed by atoms with E-state index in [1.165, 1.54) is 0 Å². The molecule has 0 bridgehead atoms. The molecule has 1 aromatic carbocycles. The molecule has 0 unspecified atom stereocenters. The van der Waals surface area contributed by atoms with E-state index in [0.29, 0.717) is 23.5 Å². The van der Waals surface area contributed by atoms with Gasteiger partial charge in [-0.1, -0.05) is 16.8 Å². The SMILES string of the molecule is CCNc1nc(C2=Cc3cc(Cl)ccc3OC2)no1. The summed E-state index contributed by atoms with van der Waals surface area (Å²) in [6.45, 7) is 3.11. The maximum atomic E-state index is 5.97. The molecule has 0 saturated carbocycles. The number of halogens is 1. The van der Waals surface area contributed by atoms with Crippen molar-refractivity contribution in [2.75, 3.05) is 18.5 Å². The van der Waals surface area contributed by atoms with E-state index >= 15 is 0 Å². The van der Waals surface area contributed by atoms with Crippen LogP contribution in [0.5, 0.6) is 5.75 Å². The van der Waals surface area contributed by atoms with Crippen molar-refractivity contribution < 1.29 is 9.26 Å². The first-order valence-corrected chi connectivity index (χ1v) is 6.35. The molecule has 5 nitrogen and oxygen atoms in total. The van der Waals surface area contributed by atoms with Crippen molar-refractivity contribution in [3.63, 3.8) is 0 Å². The summed E-state index contributed by atoms with van der Waals surface area (Å²) in [4.78, 5) is 4.25. The van der Waals surface area contributed by atoms with E-state index in [9.17, 15) is 0 Å². The summed E-state index contributed by atoms with van der Waals surface area (Å²) in [5.74, 6) is 1.34. The van der Waals surface area contributed by atoms with Gasteiger partial charge in [-0.3, -0.25) is 0 Å². The summed E-state index contributed by atoms with van der Waals surface area (Å²) >= 11 is 5.97. The molecule has 0 radical (unpaired) electrons. The molecule has 0 atom stereocenters. The van der Waals surface area contributed by atoms with Crippen LogP contribution in [0.25, 0.3) is 11.6 Å². The van der Waals surface area contributed by atoms with E-state index < -0.39 is 0 Å². The highest BCUT2D eigenvalue weighted by atomic mass is 35.5. The molecule has 2 aromatic rings. The van der Waals surface area contributed by atoms with Gasteiger partial charge in [-0.05, 0) is 31.2 Å². The summed E-state index contributed by atoms with van der Waals surface area (Å²) in [6.07, 6.45) is 1.96. The van der Waals surface area contributed by atoms with Crippen LogP contribution >= 0.6 is 11.6 Å². The topological polar surface area (TPSA) is 60.2 Å². The van der Waals surface area contributed by atoms with Gasteiger partial charge in [0.2, 0.25) is 5.82 Å². The molecular formula is C13H12ClN3O2. The zero-order valence-corrected chi connectivity index (χ0v) is 11.1. The molecule has 3 rings (SSSR count). The standard InChI is InChI=1S/C13H12ClN3O2/c1-2-15-13-16-12(17-19-13)9-5-8-6-10(14)3-4-11(8)18-7-9/h3-6H,2,7H2,1H3,(H,15,16,17). The van der Waals surface area contributed by atoms with Crippen LogP contribution in [0.4, 0.5) is 6.01 Å². The third-order valence-corrected chi connectivity index (χ3v) is 2.96. The summed E-state index contributed by atoms with van der Waals surface area (Å²) in [5, 5.41) is 7.56. The van der Waals surface area contributed by atoms with Crippen LogP contribution in [-0.2, 0) is 0 Å². The number of rotatable bonds is 3. The summed E-state index contributed by atoms with van der Waals surface area (Å²) in [7, 11) is 0. The molecule has 19 heavy (non-hydrogen) atoms. The molecule has 0 amide bonds. The predicted molar refractivity (Wildman–Crippen MR) is 73.3 cm³/mol. The van der Waals surface area contributed by atoms with Gasteiger partial charge in [0.1, 0.15) is 12.4 Å². The predicted octanol–water partition coefficient (Wildman–Crippen LogP) is 3.09. The number of ether oxygens (including phenoxy) is 1. The smallest absolute Gasteiger partial charge is 0.321 e. The number of hydrogen-bond donors (Lipinski definition) is 1. The van der Waals surface area contributed by atoms with Crippen molar-refractivity contribution in [3.8, 4) is 5.75 Å². The fraction of sp³-hybridized carbons (Fsp3) is 0.231. The Morgan fingerprint density at radius 1 is 1.42 bits per heavy atom. The Balaban J connectivity index is 1.93. The molecule has 0 spiro atoms. The second-order valence-corrected chi connectivity index (χ2v) is 4.53. The van der Waals surface area contributed by atoms with Crippen molar-refractivity contribution in [2.24, 2.45) is 0 Å². The number of nitrogens with zero attached hydrogens (tertiary/aromatic N) is 2. The summed E-state index contributed by atoms with van der Waals surface area (Å²) < 4.78 is 10.7. The Kier molecular flexibility index (Phi) is 3.13. The second kappa shape index (κ2) is 4.93. The number of anilines is 1. The fourth-order valence-electron chi connectivity index (χ4n) is 1.85. The molecule has 98 valence electrons. The van der Waals surface area contributed by atoms with Gasteiger partial charge in [0, 0.05) is 22.7 Å². The van der Waals surface area contributed by atoms with E-state index in [1.54, 1.807) is 6.07 Å². The average molecular weight is 278 g/mol. The van der Waals surface area contributed by atoms with Crippen LogP contribution < -0.4 is 10.1 Å². The Bertz CT molecular complexity index is 637. The van der Waals surface area contributed by atoms with E-state index in [0.717, 1.165) is 23.4 Å². The number of hydrogen-bond acceptors (Lipinski definition) is 5.